The van der Waals surface area contributed by atoms with Crippen LogP contribution in [0.4, 0.5) is 21.8 Å². The number of nitrogens with two attached hydrogens (primary N) is 1. The lowest BCUT2D eigenvalue weighted by Gasteiger charge is -2.52. The molecule has 11 nitrogen and oxygen atoms in total. The Hall–Kier alpha value is -4.24. The Morgan fingerprint density at radius 3 is 2.76 bits per heavy atom. The van der Waals surface area contributed by atoms with E-state index in [4.69, 9.17) is 15.5 Å². The number of nitriles is 1. The van der Waals surface area contributed by atoms with Crippen LogP contribution in [-0.4, -0.2) is 58.9 Å². The van der Waals surface area contributed by atoms with Crippen LogP contribution in [0, 0.1) is 29.1 Å². The van der Waals surface area contributed by atoms with Crippen molar-refractivity contribution in [1.29, 1.82) is 5.26 Å². The molecule has 2 aliphatic rings. The molecule has 5 atom stereocenters. The van der Waals surface area contributed by atoms with Crippen LogP contribution in [0.1, 0.15) is 32.3 Å². The highest BCUT2D eigenvalue weighted by atomic mass is 19.1. The molecule has 0 radical (unpaired) electrons. The van der Waals surface area contributed by atoms with Crippen molar-refractivity contribution in [3.63, 3.8) is 0 Å². The number of fused-ring (bicyclic) bond motifs is 1. The van der Waals surface area contributed by atoms with Gasteiger partial charge in [0.05, 0.1) is 11.7 Å². The zero-order chi connectivity index (χ0) is 29.5. The quantitative estimate of drug-likeness (QED) is 0.395. The fourth-order valence-electron chi connectivity index (χ4n) is 5.82. The standard InChI is InChI=1S/C29H35FN8O3/c1-16-13-38(14-21(29(16,2)30)20-6-7-22(20)32)28-34-12-18(11-31)26(36-28)35-19-5-8-23-17(9-19)10-24(27(40)37(23)4)41-15-25(39)33-3/h5,8-10,12,16,20-22H,6-7,13-15,32H2,1-4H3,(H,33,39)(H,34,35,36). The van der Waals surface area contributed by atoms with E-state index < -0.39 is 5.67 Å². The minimum Gasteiger partial charge on any atom is -0.478 e. The summed E-state index contributed by atoms with van der Waals surface area (Å²) in [6.07, 6.45) is 3.30. The van der Waals surface area contributed by atoms with Crippen molar-refractivity contribution in [2.45, 2.75) is 38.4 Å². The highest BCUT2D eigenvalue weighted by Crippen LogP contribution is 2.46. The minimum absolute atomic E-state index is 0.00319. The van der Waals surface area contributed by atoms with Crippen molar-refractivity contribution in [3.8, 4) is 11.8 Å². The Morgan fingerprint density at radius 2 is 2.10 bits per heavy atom. The molecule has 1 aliphatic heterocycles. The first-order valence-corrected chi connectivity index (χ1v) is 13.7. The molecule has 216 valence electrons. The summed E-state index contributed by atoms with van der Waals surface area (Å²) in [6.45, 7) is 4.20. The summed E-state index contributed by atoms with van der Waals surface area (Å²) in [5.74, 6) is 0.0462. The van der Waals surface area contributed by atoms with Gasteiger partial charge in [-0.2, -0.15) is 10.2 Å². The number of piperidine rings is 1. The third-order valence-corrected chi connectivity index (χ3v) is 8.77. The number of nitrogens with zero attached hydrogens (tertiary/aromatic N) is 5. The van der Waals surface area contributed by atoms with E-state index >= 15 is 4.39 Å². The van der Waals surface area contributed by atoms with Crippen molar-refractivity contribution in [1.82, 2.24) is 19.9 Å². The molecule has 0 bridgehead atoms. The van der Waals surface area contributed by atoms with Crippen molar-refractivity contribution in [3.05, 3.63) is 46.4 Å². The lowest BCUT2D eigenvalue weighted by molar-refractivity contribution is -0.122. The molecular formula is C29H35FN8O3. The maximum absolute atomic E-state index is 15.8. The molecule has 4 N–H and O–H groups in total. The van der Waals surface area contributed by atoms with Gasteiger partial charge in [0, 0.05) is 56.1 Å². The summed E-state index contributed by atoms with van der Waals surface area (Å²) in [4.78, 5) is 35.4. The minimum atomic E-state index is -1.35. The van der Waals surface area contributed by atoms with E-state index in [0.29, 0.717) is 41.4 Å². The molecule has 1 aromatic carbocycles. The van der Waals surface area contributed by atoms with Gasteiger partial charge in [-0.05, 0) is 49.9 Å². The van der Waals surface area contributed by atoms with E-state index in [1.54, 1.807) is 38.2 Å². The number of carbonyl (C=O) groups excluding carboxylic acids is 1. The smallest absolute Gasteiger partial charge is 0.293 e. The fourth-order valence-corrected chi connectivity index (χ4v) is 5.82. The first-order valence-electron chi connectivity index (χ1n) is 13.7. The van der Waals surface area contributed by atoms with Gasteiger partial charge in [0.15, 0.2) is 18.2 Å². The lowest BCUT2D eigenvalue weighted by atomic mass is 9.62. The van der Waals surface area contributed by atoms with Gasteiger partial charge < -0.3 is 30.6 Å². The fraction of sp³-hybridized carbons (Fsp3) is 0.483. The highest BCUT2D eigenvalue weighted by molar-refractivity contribution is 5.85. The second-order valence-electron chi connectivity index (χ2n) is 11.2. The number of pyridine rings is 1. The summed E-state index contributed by atoms with van der Waals surface area (Å²) in [6, 6.07) is 9.07. The summed E-state index contributed by atoms with van der Waals surface area (Å²) in [7, 11) is 3.11. The van der Waals surface area contributed by atoms with Gasteiger partial charge in [-0.15, -0.1) is 0 Å². The Bertz CT molecular complexity index is 1580. The predicted octanol–water partition coefficient (Wildman–Crippen LogP) is 2.61. The lowest BCUT2D eigenvalue weighted by Crippen LogP contribution is -2.60. The molecular weight excluding hydrogens is 527 g/mol. The number of anilines is 3. The number of ether oxygens (including phenoxy) is 1. The van der Waals surface area contributed by atoms with Gasteiger partial charge in [-0.1, -0.05) is 6.92 Å². The van der Waals surface area contributed by atoms with Crippen LogP contribution in [0.15, 0.2) is 35.3 Å². The SMILES string of the molecule is CNC(=O)COc1cc2cc(Nc3nc(N4CC(C)C(C)(F)C(C5CCC5N)C4)ncc3C#N)ccc2n(C)c1=O. The third kappa shape index (κ3) is 5.29. The number of aryl methyl sites for hydroxylation is 1. The van der Waals surface area contributed by atoms with Crippen LogP contribution in [0.25, 0.3) is 10.9 Å². The van der Waals surface area contributed by atoms with Crippen LogP contribution in [0.5, 0.6) is 5.75 Å². The van der Waals surface area contributed by atoms with Crippen molar-refractivity contribution in [2.75, 3.05) is 37.0 Å². The normalized spacial score (nSPS) is 25.7. The zero-order valence-corrected chi connectivity index (χ0v) is 23.6. The summed E-state index contributed by atoms with van der Waals surface area (Å²) in [5, 5.41) is 16.1. The molecule has 1 saturated carbocycles. The van der Waals surface area contributed by atoms with Crippen LogP contribution in [-0.2, 0) is 11.8 Å². The summed E-state index contributed by atoms with van der Waals surface area (Å²) in [5.41, 5.74) is 6.07. The number of carbonyl (C=O) groups is 1. The number of aromatic nitrogens is 3. The molecule has 5 rings (SSSR count). The van der Waals surface area contributed by atoms with E-state index in [0.717, 1.165) is 12.8 Å². The number of nitrogens with one attached hydrogen (secondary N) is 2. The Morgan fingerprint density at radius 1 is 1.32 bits per heavy atom. The average Bonchev–Trinajstić information content (AvgIpc) is 2.95. The van der Waals surface area contributed by atoms with Crippen molar-refractivity contribution >= 4 is 34.3 Å². The number of likely N-dealkylation sites (N-methyl/N-ethyl adjacent to an activating group) is 1. The van der Waals surface area contributed by atoms with Crippen LogP contribution < -0.4 is 31.6 Å². The molecule has 5 unspecified atom stereocenters. The topological polar surface area (TPSA) is 151 Å². The van der Waals surface area contributed by atoms with Crippen LogP contribution >= 0.6 is 0 Å². The zero-order valence-electron chi connectivity index (χ0n) is 23.6. The molecule has 41 heavy (non-hydrogen) atoms. The summed E-state index contributed by atoms with van der Waals surface area (Å²) >= 11 is 0. The molecule has 1 amide bonds. The molecule has 2 aromatic heterocycles. The number of rotatable bonds is 7. The van der Waals surface area contributed by atoms with Gasteiger partial charge in [0.1, 0.15) is 17.3 Å². The van der Waals surface area contributed by atoms with E-state index in [9.17, 15) is 14.9 Å². The van der Waals surface area contributed by atoms with Crippen LogP contribution in [0.3, 0.4) is 0 Å². The first kappa shape index (κ1) is 28.3. The van der Waals surface area contributed by atoms with E-state index in [1.807, 2.05) is 11.8 Å². The molecule has 0 spiro atoms. The number of halogens is 1. The molecule has 1 aliphatic carbocycles. The highest BCUT2D eigenvalue weighted by Gasteiger charge is 2.51. The monoisotopic (exact) mass is 562 g/mol. The van der Waals surface area contributed by atoms with Gasteiger partial charge in [0.2, 0.25) is 5.95 Å². The Kier molecular flexibility index (Phi) is 7.57. The van der Waals surface area contributed by atoms with Crippen LogP contribution in [0.2, 0.25) is 0 Å². The second-order valence-corrected chi connectivity index (χ2v) is 11.2. The molecule has 3 aromatic rings. The Balaban J connectivity index is 1.44. The third-order valence-electron chi connectivity index (χ3n) is 8.77. The number of alkyl halides is 1. The maximum atomic E-state index is 15.8. The Labute approximate surface area is 237 Å². The maximum Gasteiger partial charge on any atom is 0.293 e. The number of hydrogen-bond acceptors (Lipinski definition) is 9. The average molecular weight is 563 g/mol. The molecule has 2 fully saturated rings. The largest absolute Gasteiger partial charge is 0.478 e. The van der Waals surface area contributed by atoms with E-state index in [-0.39, 0.29) is 53.2 Å². The predicted molar refractivity (Wildman–Crippen MR) is 154 cm³/mol. The van der Waals surface area contributed by atoms with Crippen molar-refractivity contribution < 1.29 is 13.9 Å². The molecule has 1 saturated heterocycles. The van der Waals surface area contributed by atoms with E-state index in [1.165, 1.54) is 17.8 Å². The van der Waals surface area contributed by atoms with Gasteiger partial charge in [-0.3, -0.25) is 9.59 Å². The summed E-state index contributed by atoms with van der Waals surface area (Å²) < 4.78 is 22.7. The second kappa shape index (κ2) is 11.0. The number of amides is 1. The number of benzene rings is 1. The molecule has 12 heteroatoms. The van der Waals surface area contributed by atoms with Gasteiger partial charge in [0.25, 0.3) is 11.5 Å². The number of hydrogen-bond donors (Lipinski definition) is 3. The van der Waals surface area contributed by atoms with E-state index in [2.05, 4.69) is 21.7 Å². The van der Waals surface area contributed by atoms with Crippen molar-refractivity contribution in [2.24, 2.45) is 30.5 Å². The van der Waals surface area contributed by atoms with Gasteiger partial charge in [-0.25, -0.2) is 9.37 Å². The molecule has 3 heterocycles. The van der Waals surface area contributed by atoms with Gasteiger partial charge >= 0.3 is 0 Å². The first-order chi connectivity index (χ1) is 19.5.